The molecule has 0 unspecified atom stereocenters. The normalized spacial score (nSPS) is 15.6. The Balaban J connectivity index is 1.47. The van der Waals surface area contributed by atoms with E-state index in [1.807, 2.05) is 39.0 Å². The van der Waals surface area contributed by atoms with Crippen LogP contribution in [0.25, 0.3) is 33.5 Å². The summed E-state index contributed by atoms with van der Waals surface area (Å²) in [4.78, 5) is 25.4. The third kappa shape index (κ3) is 3.82. The quantitative estimate of drug-likeness (QED) is 0.458. The van der Waals surface area contributed by atoms with Gasteiger partial charge in [0.15, 0.2) is 5.82 Å². The first kappa shape index (κ1) is 20.5. The number of aromatic amines is 2. The zero-order chi connectivity index (χ0) is 22.5. The minimum absolute atomic E-state index is 0.0259. The third-order valence-electron chi connectivity index (χ3n) is 6.06. The van der Waals surface area contributed by atoms with Crippen LogP contribution >= 0.6 is 0 Å². The number of nitrogens with zero attached hydrogens (tertiary/aromatic N) is 4. The lowest BCUT2D eigenvalue weighted by atomic mass is 9.95. The van der Waals surface area contributed by atoms with Crippen molar-refractivity contribution in [3.05, 3.63) is 36.4 Å². The minimum Gasteiger partial charge on any atom is -0.369 e. The highest BCUT2D eigenvalue weighted by Crippen LogP contribution is 2.30. The molecular weight excluding hydrogens is 402 g/mol. The van der Waals surface area contributed by atoms with Gasteiger partial charge in [-0.3, -0.25) is 9.89 Å². The molecule has 8 heteroatoms. The Hall–Kier alpha value is -3.39. The smallest absolute Gasteiger partial charge is 0.229 e. The molecular formula is C24H29N7O. The van der Waals surface area contributed by atoms with Crippen LogP contribution in [0.3, 0.4) is 0 Å². The van der Waals surface area contributed by atoms with Crippen LogP contribution in [0.15, 0.2) is 36.4 Å². The number of imidazole rings is 1. The summed E-state index contributed by atoms with van der Waals surface area (Å²) in [6.07, 6.45) is 0. The van der Waals surface area contributed by atoms with E-state index < -0.39 is 5.41 Å². The molecule has 0 bridgehead atoms. The predicted octanol–water partition coefficient (Wildman–Crippen LogP) is 3.84. The summed E-state index contributed by atoms with van der Waals surface area (Å²) >= 11 is 0. The number of carbonyl (C=O) groups is 1. The summed E-state index contributed by atoms with van der Waals surface area (Å²) < 4.78 is 0. The average Bonchev–Trinajstić information content (AvgIpc) is 3.36. The van der Waals surface area contributed by atoms with E-state index in [0.717, 1.165) is 59.5 Å². The molecule has 0 atom stereocenters. The summed E-state index contributed by atoms with van der Waals surface area (Å²) in [5.41, 5.74) is 5.02. The molecule has 3 N–H and O–H groups in total. The summed E-state index contributed by atoms with van der Waals surface area (Å²) in [6.45, 7) is 9.88. The van der Waals surface area contributed by atoms with Crippen molar-refractivity contribution in [2.24, 2.45) is 5.41 Å². The van der Waals surface area contributed by atoms with Gasteiger partial charge in [0.05, 0.1) is 16.6 Å². The van der Waals surface area contributed by atoms with Gasteiger partial charge in [-0.05, 0) is 43.4 Å². The predicted molar refractivity (Wildman–Crippen MR) is 129 cm³/mol. The molecule has 2 aromatic heterocycles. The number of likely N-dealkylation sites (N-methyl/N-ethyl adjacent to an activating group) is 1. The number of anilines is 2. The largest absolute Gasteiger partial charge is 0.369 e. The summed E-state index contributed by atoms with van der Waals surface area (Å²) in [7, 11) is 2.16. The molecule has 32 heavy (non-hydrogen) atoms. The van der Waals surface area contributed by atoms with Crippen LogP contribution in [-0.2, 0) is 4.79 Å². The Kier molecular flexibility index (Phi) is 4.89. The Bertz CT molecular complexity index is 1290. The first-order chi connectivity index (χ1) is 15.3. The molecule has 3 heterocycles. The molecule has 0 aliphatic carbocycles. The van der Waals surface area contributed by atoms with Gasteiger partial charge < -0.3 is 20.1 Å². The fourth-order valence-corrected chi connectivity index (χ4v) is 3.96. The Morgan fingerprint density at radius 1 is 1.03 bits per heavy atom. The van der Waals surface area contributed by atoms with Crippen LogP contribution in [0.2, 0.25) is 0 Å². The van der Waals surface area contributed by atoms with Crippen molar-refractivity contribution >= 4 is 39.2 Å². The fourth-order valence-electron chi connectivity index (χ4n) is 3.96. The molecule has 1 saturated heterocycles. The number of hydrogen-bond acceptors (Lipinski definition) is 5. The van der Waals surface area contributed by atoms with Gasteiger partial charge in [-0.25, -0.2) is 4.98 Å². The van der Waals surface area contributed by atoms with Gasteiger partial charge >= 0.3 is 0 Å². The lowest BCUT2D eigenvalue weighted by Gasteiger charge is -2.34. The molecule has 1 fully saturated rings. The highest BCUT2D eigenvalue weighted by molar-refractivity contribution is 5.99. The van der Waals surface area contributed by atoms with Crippen LogP contribution in [-0.4, -0.2) is 64.2 Å². The topological polar surface area (TPSA) is 92.9 Å². The second kappa shape index (κ2) is 7.63. The molecule has 1 aliphatic rings. The molecule has 8 nitrogen and oxygen atoms in total. The van der Waals surface area contributed by atoms with E-state index in [0.29, 0.717) is 5.82 Å². The standard InChI is InChI=1S/C24H29N7O/c1-24(2,3)23(32)25-15-5-7-18-17(13-15)21(29-28-18)22-26-19-8-6-16(14-20(19)27-22)31-11-9-30(4)10-12-31/h5-8,13-14H,9-12H2,1-4H3,(H,25,32)(H,26,27)(H,28,29). The maximum Gasteiger partial charge on any atom is 0.229 e. The van der Waals surface area contributed by atoms with E-state index in [9.17, 15) is 4.79 Å². The molecule has 166 valence electrons. The van der Waals surface area contributed by atoms with Crippen LogP contribution < -0.4 is 10.2 Å². The molecule has 0 saturated carbocycles. The zero-order valence-electron chi connectivity index (χ0n) is 19.0. The van der Waals surface area contributed by atoms with Crippen molar-refractivity contribution in [1.29, 1.82) is 0 Å². The maximum atomic E-state index is 12.4. The van der Waals surface area contributed by atoms with Gasteiger partial charge in [-0.15, -0.1) is 0 Å². The van der Waals surface area contributed by atoms with Crippen molar-refractivity contribution in [1.82, 2.24) is 25.1 Å². The SMILES string of the molecule is CN1CCN(c2ccc3nc(-c4n[nH]c5ccc(NC(=O)C(C)(C)C)cc45)[nH]c3c2)CC1. The van der Waals surface area contributed by atoms with Crippen LogP contribution in [0, 0.1) is 5.41 Å². The van der Waals surface area contributed by atoms with Gasteiger partial charge in [-0.2, -0.15) is 5.10 Å². The average molecular weight is 432 g/mol. The number of H-pyrrole nitrogens is 2. The Morgan fingerprint density at radius 3 is 2.56 bits per heavy atom. The van der Waals surface area contributed by atoms with Gasteiger partial charge in [0.1, 0.15) is 5.69 Å². The molecule has 0 radical (unpaired) electrons. The molecule has 1 amide bonds. The van der Waals surface area contributed by atoms with E-state index in [-0.39, 0.29) is 5.91 Å². The van der Waals surface area contributed by atoms with E-state index in [4.69, 9.17) is 4.98 Å². The Morgan fingerprint density at radius 2 is 1.81 bits per heavy atom. The van der Waals surface area contributed by atoms with E-state index in [1.165, 1.54) is 5.69 Å². The summed E-state index contributed by atoms with van der Waals surface area (Å²) in [6, 6.07) is 12.1. The van der Waals surface area contributed by atoms with Gasteiger partial charge in [0.25, 0.3) is 0 Å². The maximum absolute atomic E-state index is 12.4. The van der Waals surface area contributed by atoms with Crippen LogP contribution in [0.4, 0.5) is 11.4 Å². The number of carbonyl (C=O) groups excluding carboxylic acids is 1. The summed E-state index contributed by atoms with van der Waals surface area (Å²) in [5, 5.41) is 11.5. The van der Waals surface area contributed by atoms with Crippen molar-refractivity contribution in [3.63, 3.8) is 0 Å². The molecule has 0 spiro atoms. The third-order valence-corrected chi connectivity index (χ3v) is 6.06. The summed E-state index contributed by atoms with van der Waals surface area (Å²) in [5.74, 6) is 0.683. The first-order valence-electron chi connectivity index (χ1n) is 11.0. The van der Waals surface area contributed by atoms with Crippen molar-refractivity contribution in [2.75, 3.05) is 43.4 Å². The Labute approximate surface area is 187 Å². The fraction of sp³-hybridized carbons (Fsp3) is 0.375. The number of amides is 1. The van der Waals surface area contributed by atoms with Crippen LogP contribution in [0.5, 0.6) is 0 Å². The molecule has 5 rings (SSSR count). The van der Waals surface area contributed by atoms with Crippen molar-refractivity contribution in [3.8, 4) is 11.5 Å². The van der Waals surface area contributed by atoms with E-state index >= 15 is 0 Å². The van der Waals surface area contributed by atoms with Crippen LogP contribution in [0.1, 0.15) is 20.8 Å². The molecule has 1 aliphatic heterocycles. The lowest BCUT2D eigenvalue weighted by molar-refractivity contribution is -0.123. The first-order valence-corrected chi connectivity index (χ1v) is 11.0. The highest BCUT2D eigenvalue weighted by atomic mass is 16.2. The number of benzene rings is 2. The second-order valence-electron chi connectivity index (χ2n) is 9.61. The van der Waals surface area contributed by atoms with E-state index in [1.54, 1.807) is 0 Å². The van der Waals surface area contributed by atoms with Gasteiger partial charge in [0.2, 0.25) is 5.91 Å². The second-order valence-corrected chi connectivity index (χ2v) is 9.61. The monoisotopic (exact) mass is 431 g/mol. The van der Waals surface area contributed by atoms with E-state index in [2.05, 4.69) is 55.5 Å². The van der Waals surface area contributed by atoms with Crippen molar-refractivity contribution in [2.45, 2.75) is 20.8 Å². The van der Waals surface area contributed by atoms with Gasteiger partial charge in [-0.1, -0.05) is 20.8 Å². The number of rotatable bonds is 3. The highest BCUT2D eigenvalue weighted by Gasteiger charge is 2.22. The number of nitrogens with one attached hydrogen (secondary N) is 3. The lowest BCUT2D eigenvalue weighted by Crippen LogP contribution is -2.44. The number of aromatic nitrogens is 4. The molecule has 2 aromatic carbocycles. The van der Waals surface area contributed by atoms with Crippen molar-refractivity contribution < 1.29 is 4.79 Å². The van der Waals surface area contributed by atoms with Gasteiger partial charge in [0, 0.05) is 48.4 Å². The number of fused-ring (bicyclic) bond motifs is 2. The number of piperazine rings is 1. The number of hydrogen-bond donors (Lipinski definition) is 3. The zero-order valence-corrected chi connectivity index (χ0v) is 19.0. The molecule has 4 aromatic rings. The minimum atomic E-state index is -0.464.